The van der Waals surface area contributed by atoms with Crippen LogP contribution in [0.3, 0.4) is 0 Å². The third kappa shape index (κ3) is 5.31. The molecule has 0 fully saturated rings. The van der Waals surface area contributed by atoms with Crippen molar-refractivity contribution in [2.75, 3.05) is 6.54 Å². The summed E-state index contributed by atoms with van der Waals surface area (Å²) in [6.45, 7) is 6.08. The molecule has 0 spiro atoms. The van der Waals surface area contributed by atoms with Gasteiger partial charge in [0.1, 0.15) is 5.82 Å². The molecule has 0 amide bonds. The molecule has 0 atom stereocenters. The topological polar surface area (TPSA) is 12.0 Å². The molecule has 2 aromatic carbocycles. The van der Waals surface area contributed by atoms with Crippen LogP contribution in [0.4, 0.5) is 4.39 Å². The number of rotatable bonds is 7. The number of hydrogen-bond donors (Lipinski definition) is 1. The Morgan fingerprint density at radius 1 is 0.952 bits per heavy atom. The summed E-state index contributed by atoms with van der Waals surface area (Å²) in [5.41, 5.74) is 3.44. The minimum Gasteiger partial charge on any atom is -0.312 e. The van der Waals surface area contributed by atoms with Crippen LogP contribution in [0.15, 0.2) is 48.5 Å². The summed E-state index contributed by atoms with van der Waals surface area (Å²) in [6.07, 6.45) is 1.85. The Bertz CT molecular complexity index is 546. The zero-order valence-electron chi connectivity index (χ0n) is 12.9. The lowest BCUT2D eigenvalue weighted by Gasteiger charge is -2.08. The summed E-state index contributed by atoms with van der Waals surface area (Å²) in [6, 6.07) is 15.7. The van der Waals surface area contributed by atoms with Crippen molar-refractivity contribution in [1.29, 1.82) is 0 Å². The van der Waals surface area contributed by atoms with Gasteiger partial charge in [0.25, 0.3) is 0 Å². The van der Waals surface area contributed by atoms with E-state index in [2.05, 4.69) is 43.4 Å². The molecule has 1 N–H and O–H groups in total. The van der Waals surface area contributed by atoms with Crippen molar-refractivity contribution in [3.63, 3.8) is 0 Å². The molecular weight excluding hydrogens is 261 g/mol. The third-order valence-corrected chi connectivity index (χ3v) is 3.52. The Hall–Kier alpha value is -1.67. The highest BCUT2D eigenvalue weighted by atomic mass is 19.1. The largest absolute Gasteiger partial charge is 0.312 e. The lowest BCUT2D eigenvalue weighted by Crippen LogP contribution is -2.17. The van der Waals surface area contributed by atoms with Crippen molar-refractivity contribution in [2.45, 2.75) is 33.2 Å². The summed E-state index contributed by atoms with van der Waals surface area (Å²) in [5.74, 6) is 0.576. The maximum Gasteiger partial charge on any atom is 0.126 e. The Kier molecular flexibility index (Phi) is 5.94. The molecule has 0 saturated heterocycles. The first kappa shape index (κ1) is 15.7. The first-order valence-corrected chi connectivity index (χ1v) is 7.67. The Morgan fingerprint density at radius 2 is 1.62 bits per heavy atom. The molecule has 0 bridgehead atoms. The molecule has 0 saturated carbocycles. The summed E-state index contributed by atoms with van der Waals surface area (Å²) in [4.78, 5) is 0. The Labute approximate surface area is 127 Å². The number of benzene rings is 2. The number of halogens is 1. The first-order chi connectivity index (χ1) is 10.1. The summed E-state index contributed by atoms with van der Waals surface area (Å²) < 4.78 is 13.5. The van der Waals surface area contributed by atoms with Crippen LogP contribution >= 0.6 is 0 Å². The highest BCUT2D eigenvalue weighted by molar-refractivity contribution is 5.23. The Morgan fingerprint density at radius 3 is 2.29 bits per heavy atom. The van der Waals surface area contributed by atoms with E-state index < -0.39 is 0 Å². The molecule has 0 aliphatic rings. The smallest absolute Gasteiger partial charge is 0.126 e. The van der Waals surface area contributed by atoms with Crippen LogP contribution in [0, 0.1) is 11.7 Å². The molecule has 21 heavy (non-hydrogen) atoms. The van der Waals surface area contributed by atoms with E-state index in [1.807, 2.05) is 12.1 Å². The molecule has 112 valence electrons. The lowest BCUT2D eigenvalue weighted by atomic mass is 10.0. The minimum absolute atomic E-state index is 0.114. The normalized spacial score (nSPS) is 11.0. The van der Waals surface area contributed by atoms with E-state index in [-0.39, 0.29) is 5.82 Å². The van der Waals surface area contributed by atoms with Gasteiger partial charge in [-0.1, -0.05) is 56.3 Å². The van der Waals surface area contributed by atoms with Gasteiger partial charge in [-0.3, -0.25) is 0 Å². The molecule has 1 nitrogen and oxygen atoms in total. The molecule has 0 aliphatic heterocycles. The quantitative estimate of drug-likeness (QED) is 0.745. The summed E-state index contributed by atoms with van der Waals surface area (Å²) in [7, 11) is 0. The molecule has 2 heteroatoms. The zero-order chi connectivity index (χ0) is 15.1. The lowest BCUT2D eigenvalue weighted by molar-refractivity contribution is 0.598. The standard InChI is InChI=1S/C19H24FN/c1-15(2)13-16-7-9-17(10-8-16)14-21-12-11-18-5-3-4-6-19(18)20/h3-10,15,21H,11-14H2,1-2H3. The van der Waals surface area contributed by atoms with E-state index in [0.29, 0.717) is 5.92 Å². The van der Waals surface area contributed by atoms with E-state index in [1.54, 1.807) is 6.07 Å². The van der Waals surface area contributed by atoms with Crippen LogP contribution in [0.1, 0.15) is 30.5 Å². The molecular formula is C19H24FN. The van der Waals surface area contributed by atoms with Crippen LogP contribution in [0.25, 0.3) is 0 Å². The van der Waals surface area contributed by atoms with Gasteiger partial charge in [0.15, 0.2) is 0 Å². The van der Waals surface area contributed by atoms with Gasteiger partial charge in [0.05, 0.1) is 0 Å². The van der Waals surface area contributed by atoms with Crippen molar-refractivity contribution < 1.29 is 4.39 Å². The van der Waals surface area contributed by atoms with Gasteiger partial charge in [0, 0.05) is 6.54 Å². The van der Waals surface area contributed by atoms with E-state index >= 15 is 0 Å². The summed E-state index contributed by atoms with van der Waals surface area (Å²) in [5, 5.41) is 3.37. The van der Waals surface area contributed by atoms with Crippen LogP contribution in [-0.2, 0) is 19.4 Å². The minimum atomic E-state index is -0.114. The maximum atomic E-state index is 13.5. The molecule has 2 aromatic rings. The average molecular weight is 285 g/mol. The SMILES string of the molecule is CC(C)Cc1ccc(CNCCc2ccccc2F)cc1. The van der Waals surface area contributed by atoms with Crippen molar-refractivity contribution in [3.8, 4) is 0 Å². The van der Waals surface area contributed by atoms with Crippen molar-refractivity contribution in [1.82, 2.24) is 5.32 Å². The molecule has 0 heterocycles. The fourth-order valence-corrected chi connectivity index (χ4v) is 2.42. The average Bonchev–Trinajstić information content (AvgIpc) is 2.46. The van der Waals surface area contributed by atoms with Gasteiger partial charge >= 0.3 is 0 Å². The van der Waals surface area contributed by atoms with Crippen molar-refractivity contribution in [3.05, 3.63) is 71.0 Å². The van der Waals surface area contributed by atoms with E-state index in [1.165, 1.54) is 17.2 Å². The van der Waals surface area contributed by atoms with E-state index in [0.717, 1.165) is 31.5 Å². The van der Waals surface area contributed by atoms with Gasteiger partial charge in [-0.05, 0) is 48.1 Å². The highest BCUT2D eigenvalue weighted by Crippen LogP contribution is 2.10. The van der Waals surface area contributed by atoms with Crippen molar-refractivity contribution >= 4 is 0 Å². The van der Waals surface area contributed by atoms with E-state index in [9.17, 15) is 4.39 Å². The highest BCUT2D eigenvalue weighted by Gasteiger charge is 2.01. The Balaban J connectivity index is 1.75. The van der Waals surface area contributed by atoms with Gasteiger partial charge in [0.2, 0.25) is 0 Å². The molecule has 0 aliphatic carbocycles. The van der Waals surface area contributed by atoms with Gasteiger partial charge in [-0.2, -0.15) is 0 Å². The molecule has 2 rings (SSSR count). The van der Waals surface area contributed by atoms with Crippen LogP contribution in [0.2, 0.25) is 0 Å². The fraction of sp³-hybridized carbons (Fsp3) is 0.368. The monoisotopic (exact) mass is 285 g/mol. The molecule has 0 unspecified atom stereocenters. The second-order valence-corrected chi connectivity index (χ2v) is 5.93. The molecule has 0 radical (unpaired) electrons. The van der Waals surface area contributed by atoms with Crippen molar-refractivity contribution in [2.24, 2.45) is 5.92 Å². The summed E-state index contributed by atoms with van der Waals surface area (Å²) >= 11 is 0. The fourth-order valence-electron chi connectivity index (χ4n) is 2.42. The van der Waals surface area contributed by atoms with Crippen LogP contribution < -0.4 is 5.32 Å². The predicted molar refractivity (Wildman–Crippen MR) is 86.8 cm³/mol. The maximum absolute atomic E-state index is 13.5. The third-order valence-electron chi connectivity index (χ3n) is 3.52. The van der Waals surface area contributed by atoms with Crippen LogP contribution in [-0.4, -0.2) is 6.54 Å². The van der Waals surface area contributed by atoms with E-state index in [4.69, 9.17) is 0 Å². The van der Waals surface area contributed by atoms with Gasteiger partial charge in [-0.15, -0.1) is 0 Å². The molecule has 0 aromatic heterocycles. The van der Waals surface area contributed by atoms with Gasteiger partial charge in [-0.25, -0.2) is 4.39 Å². The number of nitrogens with one attached hydrogen (secondary N) is 1. The second-order valence-electron chi connectivity index (χ2n) is 5.93. The zero-order valence-corrected chi connectivity index (χ0v) is 12.9. The van der Waals surface area contributed by atoms with Crippen LogP contribution in [0.5, 0.6) is 0 Å². The predicted octanol–water partition coefficient (Wildman–Crippen LogP) is 4.36. The number of hydrogen-bond acceptors (Lipinski definition) is 1. The van der Waals surface area contributed by atoms with Gasteiger partial charge < -0.3 is 5.32 Å². The second kappa shape index (κ2) is 7.94. The first-order valence-electron chi connectivity index (χ1n) is 7.67.